The van der Waals surface area contributed by atoms with E-state index in [-0.39, 0.29) is 24.4 Å². The smallest absolute Gasteiger partial charge is 0.253 e. The number of rotatable bonds is 6. The van der Waals surface area contributed by atoms with Crippen LogP contribution in [0.1, 0.15) is 29.6 Å². The second-order valence-electron chi connectivity index (χ2n) is 5.33. The van der Waals surface area contributed by atoms with Crippen molar-refractivity contribution in [3.05, 3.63) is 29.8 Å². The first-order chi connectivity index (χ1) is 10.2. The molecule has 0 radical (unpaired) electrons. The minimum atomic E-state index is 0. The highest BCUT2D eigenvalue weighted by Crippen LogP contribution is 2.17. The number of anilines is 1. The van der Waals surface area contributed by atoms with Crippen LogP contribution in [0.4, 0.5) is 5.69 Å². The van der Waals surface area contributed by atoms with Gasteiger partial charge in [-0.25, -0.2) is 0 Å². The number of methoxy groups -OCH3 is 1. The summed E-state index contributed by atoms with van der Waals surface area (Å²) >= 11 is 0. The lowest BCUT2D eigenvalue weighted by Gasteiger charge is -2.32. The number of nitrogen functional groups attached to an aromatic ring is 1. The molecular formula is C16H25ClN2O3. The molecule has 0 bridgehead atoms. The molecule has 1 aromatic rings. The number of carbonyl (C=O) groups is 1. The van der Waals surface area contributed by atoms with Gasteiger partial charge in [-0.1, -0.05) is 6.07 Å². The zero-order valence-electron chi connectivity index (χ0n) is 13.0. The number of benzene rings is 1. The van der Waals surface area contributed by atoms with Crippen molar-refractivity contribution >= 4 is 24.0 Å². The Morgan fingerprint density at radius 1 is 1.32 bits per heavy atom. The number of ether oxygens (including phenoxy) is 2. The molecule has 6 heteroatoms. The van der Waals surface area contributed by atoms with E-state index in [9.17, 15) is 4.79 Å². The Bertz CT molecular complexity index is 462. The zero-order valence-corrected chi connectivity index (χ0v) is 13.8. The third-order valence-corrected chi connectivity index (χ3v) is 3.71. The first-order valence-corrected chi connectivity index (χ1v) is 7.46. The van der Waals surface area contributed by atoms with Gasteiger partial charge in [0.2, 0.25) is 0 Å². The number of piperidine rings is 1. The molecule has 0 unspecified atom stereocenters. The van der Waals surface area contributed by atoms with E-state index in [4.69, 9.17) is 15.2 Å². The monoisotopic (exact) mass is 328 g/mol. The van der Waals surface area contributed by atoms with Gasteiger partial charge in [-0.15, -0.1) is 12.4 Å². The van der Waals surface area contributed by atoms with Crippen LogP contribution in [-0.4, -0.2) is 50.3 Å². The van der Waals surface area contributed by atoms with Crippen molar-refractivity contribution in [1.82, 2.24) is 4.90 Å². The van der Waals surface area contributed by atoms with Gasteiger partial charge in [-0.3, -0.25) is 4.79 Å². The van der Waals surface area contributed by atoms with E-state index in [1.54, 1.807) is 19.2 Å². The molecule has 124 valence electrons. The number of nitrogens with two attached hydrogens (primary N) is 1. The molecule has 1 amide bonds. The van der Waals surface area contributed by atoms with Gasteiger partial charge in [0.25, 0.3) is 5.91 Å². The van der Waals surface area contributed by atoms with E-state index in [1.807, 2.05) is 17.0 Å². The Morgan fingerprint density at radius 3 is 2.68 bits per heavy atom. The minimum Gasteiger partial charge on any atom is -0.399 e. The maximum Gasteiger partial charge on any atom is 0.253 e. The number of nitrogens with zero attached hydrogens (tertiary/aromatic N) is 1. The van der Waals surface area contributed by atoms with E-state index in [0.29, 0.717) is 11.3 Å². The van der Waals surface area contributed by atoms with Gasteiger partial charge in [-0.05, 0) is 37.5 Å². The molecule has 1 fully saturated rings. The van der Waals surface area contributed by atoms with Crippen molar-refractivity contribution in [2.75, 3.05) is 39.1 Å². The number of hydrogen-bond acceptors (Lipinski definition) is 4. The summed E-state index contributed by atoms with van der Waals surface area (Å²) in [5.41, 5.74) is 7.01. The molecule has 0 aromatic heterocycles. The van der Waals surface area contributed by atoms with Crippen LogP contribution in [0.5, 0.6) is 0 Å². The second kappa shape index (κ2) is 9.66. The Labute approximate surface area is 138 Å². The average Bonchev–Trinajstić information content (AvgIpc) is 2.51. The third-order valence-electron chi connectivity index (χ3n) is 3.71. The third kappa shape index (κ3) is 5.48. The van der Waals surface area contributed by atoms with Crippen LogP contribution in [0.3, 0.4) is 0 Å². The summed E-state index contributed by atoms with van der Waals surface area (Å²) < 4.78 is 10.8. The number of halogens is 1. The average molecular weight is 329 g/mol. The Balaban J connectivity index is 0.00000242. The van der Waals surface area contributed by atoms with Crippen molar-refractivity contribution in [1.29, 1.82) is 0 Å². The topological polar surface area (TPSA) is 64.8 Å². The fourth-order valence-corrected chi connectivity index (χ4v) is 2.53. The summed E-state index contributed by atoms with van der Waals surface area (Å²) in [6.07, 6.45) is 2.95. The highest BCUT2D eigenvalue weighted by molar-refractivity contribution is 5.95. The number of amides is 1. The fraction of sp³-hybridized carbons (Fsp3) is 0.562. The summed E-state index contributed by atoms with van der Waals surface area (Å²) in [7, 11) is 1.69. The second-order valence-corrected chi connectivity index (χ2v) is 5.33. The number of carbonyl (C=O) groups excluding carboxylic acids is 1. The van der Waals surface area contributed by atoms with E-state index in [0.717, 1.165) is 45.6 Å². The predicted molar refractivity (Wildman–Crippen MR) is 89.5 cm³/mol. The highest BCUT2D eigenvalue weighted by Gasteiger charge is 2.23. The van der Waals surface area contributed by atoms with Crippen molar-refractivity contribution in [2.45, 2.75) is 25.4 Å². The number of likely N-dealkylation sites (tertiary alicyclic amines) is 1. The van der Waals surface area contributed by atoms with Crippen LogP contribution in [0.2, 0.25) is 0 Å². The normalized spacial score (nSPS) is 15.4. The van der Waals surface area contributed by atoms with E-state index < -0.39 is 0 Å². The van der Waals surface area contributed by atoms with E-state index in [1.165, 1.54) is 0 Å². The lowest BCUT2D eigenvalue weighted by atomic mass is 10.1. The molecule has 1 heterocycles. The molecule has 2 rings (SSSR count). The quantitative estimate of drug-likeness (QED) is 0.643. The molecule has 5 nitrogen and oxygen atoms in total. The Morgan fingerprint density at radius 2 is 2.05 bits per heavy atom. The maximum absolute atomic E-state index is 12.4. The Kier molecular flexibility index (Phi) is 8.24. The first-order valence-electron chi connectivity index (χ1n) is 7.46. The minimum absolute atomic E-state index is 0. The molecule has 2 N–H and O–H groups in total. The van der Waals surface area contributed by atoms with Crippen molar-refractivity contribution in [2.24, 2.45) is 0 Å². The molecule has 1 aromatic carbocycles. The Hall–Kier alpha value is -1.30. The SMILES string of the molecule is COCCCOC1CCN(C(=O)c2cccc(N)c2)CC1.Cl. The lowest BCUT2D eigenvalue weighted by Crippen LogP contribution is -2.41. The molecule has 0 atom stereocenters. The van der Waals surface area contributed by atoms with Gasteiger partial charge in [0, 0.05) is 44.7 Å². The summed E-state index contributed by atoms with van der Waals surface area (Å²) in [6.45, 7) is 2.93. The zero-order chi connectivity index (χ0) is 15.1. The first kappa shape index (κ1) is 18.7. The van der Waals surface area contributed by atoms with Crippen molar-refractivity contribution in [3.8, 4) is 0 Å². The fourth-order valence-electron chi connectivity index (χ4n) is 2.53. The summed E-state index contributed by atoms with van der Waals surface area (Å²) in [4.78, 5) is 14.2. The molecule has 0 saturated carbocycles. The van der Waals surface area contributed by atoms with Gasteiger partial charge >= 0.3 is 0 Å². The predicted octanol–water partition coefficient (Wildman–Crippen LogP) is 2.35. The maximum atomic E-state index is 12.4. The summed E-state index contributed by atoms with van der Waals surface area (Å²) in [5, 5.41) is 0. The molecule has 0 spiro atoms. The van der Waals surface area contributed by atoms with Crippen LogP contribution >= 0.6 is 12.4 Å². The van der Waals surface area contributed by atoms with E-state index in [2.05, 4.69) is 0 Å². The molecule has 22 heavy (non-hydrogen) atoms. The molecule has 1 saturated heterocycles. The van der Waals surface area contributed by atoms with Crippen molar-refractivity contribution < 1.29 is 14.3 Å². The lowest BCUT2D eigenvalue weighted by molar-refractivity contribution is 0.00189. The molecule has 0 aliphatic carbocycles. The van der Waals surface area contributed by atoms with Crippen molar-refractivity contribution in [3.63, 3.8) is 0 Å². The summed E-state index contributed by atoms with van der Waals surface area (Å²) in [5.74, 6) is 0.0557. The van der Waals surface area contributed by atoms with Crippen LogP contribution in [0, 0.1) is 0 Å². The van der Waals surface area contributed by atoms with Crippen LogP contribution in [0.25, 0.3) is 0 Å². The van der Waals surface area contributed by atoms with Gasteiger partial charge < -0.3 is 20.1 Å². The summed E-state index contributed by atoms with van der Waals surface area (Å²) in [6, 6.07) is 7.15. The molecule has 1 aliphatic heterocycles. The number of hydrogen-bond donors (Lipinski definition) is 1. The van der Waals surface area contributed by atoms with Crippen LogP contribution < -0.4 is 5.73 Å². The highest BCUT2D eigenvalue weighted by atomic mass is 35.5. The van der Waals surface area contributed by atoms with Gasteiger partial charge in [-0.2, -0.15) is 0 Å². The van der Waals surface area contributed by atoms with Gasteiger partial charge in [0.15, 0.2) is 0 Å². The van der Waals surface area contributed by atoms with Gasteiger partial charge in [0.1, 0.15) is 0 Å². The molecule has 1 aliphatic rings. The van der Waals surface area contributed by atoms with Crippen LogP contribution in [-0.2, 0) is 9.47 Å². The van der Waals surface area contributed by atoms with Crippen LogP contribution in [0.15, 0.2) is 24.3 Å². The van der Waals surface area contributed by atoms with Gasteiger partial charge in [0.05, 0.1) is 6.10 Å². The molecular weight excluding hydrogens is 304 g/mol. The van der Waals surface area contributed by atoms with E-state index >= 15 is 0 Å². The standard InChI is InChI=1S/C16H24N2O3.ClH/c1-20-10-3-11-21-15-6-8-18(9-7-15)16(19)13-4-2-5-14(17)12-13;/h2,4-5,12,15H,3,6-11,17H2,1H3;1H. The largest absolute Gasteiger partial charge is 0.399 e.